The van der Waals surface area contributed by atoms with Crippen molar-refractivity contribution >= 4 is 0 Å². The molecule has 3 nitrogen and oxygen atoms in total. The summed E-state index contributed by atoms with van der Waals surface area (Å²) in [4.78, 5) is 0. The van der Waals surface area contributed by atoms with Gasteiger partial charge >= 0.3 is 0 Å². The summed E-state index contributed by atoms with van der Waals surface area (Å²) in [5.74, 6) is 0.670. The third-order valence-corrected chi connectivity index (χ3v) is 4.91. The Labute approximate surface area is 154 Å². The van der Waals surface area contributed by atoms with Crippen LogP contribution in [0.15, 0.2) is 12.1 Å². The average Bonchev–Trinajstić information content (AvgIpc) is 2.61. The summed E-state index contributed by atoms with van der Waals surface area (Å²) in [5, 5.41) is 19.7. The summed E-state index contributed by atoms with van der Waals surface area (Å²) < 4.78 is 5.08. The molecule has 0 aliphatic carbocycles. The van der Waals surface area contributed by atoms with E-state index in [-0.39, 0.29) is 11.5 Å². The molecule has 0 saturated heterocycles. The summed E-state index contributed by atoms with van der Waals surface area (Å²) in [6, 6.07) is 3.08. The van der Waals surface area contributed by atoms with Crippen molar-refractivity contribution in [2.75, 3.05) is 7.11 Å². The van der Waals surface area contributed by atoms with Crippen molar-refractivity contribution < 1.29 is 14.9 Å². The number of hydrogen-bond acceptors (Lipinski definition) is 3. The molecule has 3 heteroatoms. The van der Waals surface area contributed by atoms with Crippen molar-refractivity contribution in [2.45, 2.75) is 96.8 Å². The Kier molecular flexibility index (Phi) is 12.0. The average molecular weight is 351 g/mol. The molecule has 0 spiro atoms. The highest BCUT2D eigenvalue weighted by molar-refractivity contribution is 5.50. The molecule has 0 aromatic heterocycles. The summed E-state index contributed by atoms with van der Waals surface area (Å²) in [5.41, 5.74) is 0.778. The molecule has 25 heavy (non-hydrogen) atoms. The summed E-state index contributed by atoms with van der Waals surface area (Å²) >= 11 is 0. The zero-order chi connectivity index (χ0) is 18.3. The summed E-state index contributed by atoms with van der Waals surface area (Å²) in [7, 11) is 1.50. The minimum atomic E-state index is 0.152. The van der Waals surface area contributed by atoms with Crippen molar-refractivity contribution in [3.05, 3.63) is 17.7 Å². The molecule has 2 N–H and O–H groups in total. The van der Waals surface area contributed by atoms with E-state index in [0.717, 1.165) is 18.4 Å². The van der Waals surface area contributed by atoms with Crippen molar-refractivity contribution in [3.63, 3.8) is 0 Å². The molecule has 0 aliphatic heterocycles. The zero-order valence-corrected chi connectivity index (χ0v) is 16.4. The van der Waals surface area contributed by atoms with Gasteiger partial charge < -0.3 is 14.9 Å². The van der Waals surface area contributed by atoms with Crippen LogP contribution in [0.2, 0.25) is 0 Å². The van der Waals surface area contributed by atoms with Gasteiger partial charge in [0.2, 0.25) is 0 Å². The van der Waals surface area contributed by atoms with Gasteiger partial charge in [0.05, 0.1) is 7.11 Å². The van der Waals surface area contributed by atoms with E-state index in [1.54, 1.807) is 6.07 Å². The van der Waals surface area contributed by atoms with E-state index in [1.807, 2.05) is 0 Å². The molecule has 0 unspecified atom stereocenters. The van der Waals surface area contributed by atoms with E-state index in [1.165, 1.54) is 90.2 Å². The Bertz CT molecular complexity index is 457. The lowest BCUT2D eigenvalue weighted by atomic mass is 10.0. The first kappa shape index (κ1) is 21.7. The second-order valence-corrected chi connectivity index (χ2v) is 7.15. The molecule has 0 bridgehead atoms. The van der Waals surface area contributed by atoms with E-state index in [0.29, 0.717) is 5.75 Å². The molecule has 0 aliphatic rings. The maximum absolute atomic E-state index is 10.1. The van der Waals surface area contributed by atoms with Gasteiger partial charge in [0.1, 0.15) is 5.75 Å². The summed E-state index contributed by atoms with van der Waals surface area (Å²) in [6.45, 7) is 2.27. The lowest BCUT2D eigenvalue weighted by Gasteiger charge is -2.10. The van der Waals surface area contributed by atoms with Crippen molar-refractivity contribution in [1.82, 2.24) is 0 Å². The Hall–Kier alpha value is -1.38. The van der Waals surface area contributed by atoms with Gasteiger partial charge in [0.25, 0.3) is 0 Å². The zero-order valence-electron chi connectivity index (χ0n) is 16.4. The van der Waals surface area contributed by atoms with Crippen molar-refractivity contribution in [2.24, 2.45) is 0 Å². The number of aryl methyl sites for hydroxylation is 1. The smallest absolute Gasteiger partial charge is 0.164 e. The Balaban J connectivity index is 2.00. The second kappa shape index (κ2) is 13.9. The van der Waals surface area contributed by atoms with Crippen LogP contribution in [0.25, 0.3) is 0 Å². The lowest BCUT2D eigenvalue weighted by molar-refractivity contribution is 0.365. The lowest BCUT2D eigenvalue weighted by Crippen LogP contribution is -1.91. The monoisotopic (exact) mass is 350 g/mol. The topological polar surface area (TPSA) is 49.7 Å². The quantitative estimate of drug-likeness (QED) is 0.272. The SMILES string of the molecule is CCCCCCCCCCCCCCCc1cc(O)cc(OC)c1O. The van der Waals surface area contributed by atoms with Gasteiger partial charge in [-0.2, -0.15) is 0 Å². The third kappa shape index (κ3) is 9.62. The Morgan fingerprint density at radius 2 is 1.20 bits per heavy atom. The molecule has 0 heterocycles. The number of phenolic OH excluding ortho intramolecular Hbond substituents is 2. The normalized spacial score (nSPS) is 11.0. The first-order valence-corrected chi connectivity index (χ1v) is 10.3. The van der Waals surface area contributed by atoms with Gasteiger partial charge in [0.15, 0.2) is 11.5 Å². The Morgan fingerprint density at radius 3 is 1.68 bits per heavy atom. The number of methoxy groups -OCH3 is 1. The van der Waals surface area contributed by atoms with Gasteiger partial charge in [-0.05, 0) is 18.9 Å². The summed E-state index contributed by atoms with van der Waals surface area (Å²) in [6.07, 6.45) is 18.1. The highest BCUT2D eigenvalue weighted by Gasteiger charge is 2.09. The number of benzene rings is 1. The highest BCUT2D eigenvalue weighted by Crippen LogP contribution is 2.35. The van der Waals surface area contributed by atoms with Gasteiger partial charge in [0, 0.05) is 11.6 Å². The highest BCUT2D eigenvalue weighted by atomic mass is 16.5. The first-order chi connectivity index (χ1) is 12.2. The first-order valence-electron chi connectivity index (χ1n) is 10.3. The van der Waals surface area contributed by atoms with E-state index in [9.17, 15) is 10.2 Å². The molecule has 0 radical (unpaired) electrons. The third-order valence-electron chi connectivity index (χ3n) is 4.91. The maximum atomic E-state index is 10.1. The van der Waals surface area contributed by atoms with Crippen LogP contribution in [0.5, 0.6) is 17.2 Å². The molecule has 1 rings (SSSR count). The molecule has 0 saturated carbocycles. The molecule has 1 aromatic rings. The molecule has 0 fully saturated rings. The molecular weight excluding hydrogens is 312 g/mol. The van der Waals surface area contributed by atoms with Crippen LogP contribution in [-0.4, -0.2) is 17.3 Å². The fraction of sp³-hybridized carbons (Fsp3) is 0.727. The molecule has 0 amide bonds. The number of unbranched alkanes of at least 4 members (excludes halogenated alkanes) is 12. The fourth-order valence-electron chi connectivity index (χ4n) is 3.33. The van der Waals surface area contributed by atoms with Gasteiger partial charge in [-0.1, -0.05) is 84.0 Å². The number of rotatable bonds is 15. The largest absolute Gasteiger partial charge is 0.508 e. The van der Waals surface area contributed by atoms with E-state index in [4.69, 9.17) is 4.74 Å². The van der Waals surface area contributed by atoms with Crippen LogP contribution in [0.1, 0.15) is 96.0 Å². The van der Waals surface area contributed by atoms with Crippen LogP contribution in [0.3, 0.4) is 0 Å². The van der Waals surface area contributed by atoms with Crippen LogP contribution >= 0.6 is 0 Å². The van der Waals surface area contributed by atoms with E-state index < -0.39 is 0 Å². The molecule has 0 atom stereocenters. The standard InChI is InChI=1S/C22H38O3/c1-3-4-5-6-7-8-9-10-11-12-13-14-15-16-19-17-20(23)18-21(25-2)22(19)24/h17-18,23-24H,3-16H2,1-2H3. The van der Waals surface area contributed by atoms with Crippen LogP contribution in [0.4, 0.5) is 0 Å². The van der Waals surface area contributed by atoms with E-state index in [2.05, 4.69) is 6.92 Å². The number of phenols is 2. The van der Waals surface area contributed by atoms with Crippen LogP contribution in [0, 0.1) is 0 Å². The molecule has 1 aromatic carbocycles. The van der Waals surface area contributed by atoms with Crippen molar-refractivity contribution in [1.29, 1.82) is 0 Å². The predicted octanol–water partition coefficient (Wildman–Crippen LogP) is 6.74. The minimum absolute atomic E-state index is 0.152. The number of aromatic hydroxyl groups is 2. The van der Waals surface area contributed by atoms with Crippen LogP contribution in [-0.2, 0) is 6.42 Å². The van der Waals surface area contributed by atoms with E-state index >= 15 is 0 Å². The number of hydrogen-bond donors (Lipinski definition) is 2. The molecular formula is C22H38O3. The second-order valence-electron chi connectivity index (χ2n) is 7.15. The maximum Gasteiger partial charge on any atom is 0.164 e. The molecule has 144 valence electrons. The van der Waals surface area contributed by atoms with Crippen LogP contribution < -0.4 is 4.74 Å². The van der Waals surface area contributed by atoms with Gasteiger partial charge in [-0.15, -0.1) is 0 Å². The Morgan fingerprint density at radius 1 is 0.720 bits per heavy atom. The van der Waals surface area contributed by atoms with Gasteiger partial charge in [-0.25, -0.2) is 0 Å². The number of ether oxygens (including phenoxy) is 1. The fourth-order valence-corrected chi connectivity index (χ4v) is 3.33. The van der Waals surface area contributed by atoms with Crippen molar-refractivity contribution in [3.8, 4) is 17.2 Å². The minimum Gasteiger partial charge on any atom is -0.508 e. The van der Waals surface area contributed by atoms with Gasteiger partial charge in [-0.3, -0.25) is 0 Å². The predicted molar refractivity (Wildman–Crippen MR) is 106 cm³/mol.